The van der Waals surface area contributed by atoms with Crippen molar-refractivity contribution in [2.24, 2.45) is 0 Å². The van der Waals surface area contributed by atoms with E-state index in [1.165, 1.54) is 0 Å². The van der Waals surface area contributed by atoms with Crippen LogP contribution in [0.25, 0.3) is 0 Å². The number of hydrogen-bond acceptors (Lipinski definition) is 7. The molecule has 0 spiro atoms. The number of rotatable bonds is 1. The Morgan fingerprint density at radius 3 is 1.00 bits per heavy atom. The van der Waals surface area contributed by atoms with E-state index < -0.39 is 5.97 Å². The van der Waals surface area contributed by atoms with Crippen LogP contribution in [0.3, 0.4) is 0 Å². The molecule has 0 aromatic heterocycles. The molecule has 1 aliphatic heterocycles. The quantitative estimate of drug-likeness (QED) is 0.776. The molecule has 0 radical (unpaired) electrons. The zero-order chi connectivity index (χ0) is 19.4. The average molecular weight is 386 g/mol. The first-order chi connectivity index (χ1) is 13.3. The lowest BCUT2D eigenvalue weighted by Crippen LogP contribution is -2.16. The van der Waals surface area contributed by atoms with Gasteiger partial charge in [0.2, 0.25) is 0 Å². The van der Waals surface area contributed by atoms with E-state index in [0.717, 1.165) is 0 Å². The van der Waals surface area contributed by atoms with E-state index in [4.69, 9.17) is 33.5 Å². The van der Waals surface area contributed by atoms with E-state index in [2.05, 4.69) is 0 Å². The van der Waals surface area contributed by atoms with Gasteiger partial charge in [0.25, 0.3) is 0 Å². The van der Waals surface area contributed by atoms with Crippen LogP contribution in [0.15, 0.2) is 30.3 Å². The molecule has 0 atom stereocenters. The van der Waals surface area contributed by atoms with Crippen LogP contribution in [0.2, 0.25) is 0 Å². The second-order valence-corrected chi connectivity index (χ2v) is 5.35. The van der Waals surface area contributed by atoms with E-state index in [1.54, 1.807) is 30.3 Å². The highest BCUT2D eigenvalue weighted by molar-refractivity contribution is 5.87. The number of carboxylic acid groups (broad SMARTS) is 1. The Balaban J connectivity index is 0.000000337. The average Bonchev–Trinajstić information content (AvgIpc) is 2.69. The van der Waals surface area contributed by atoms with Gasteiger partial charge in [0.1, 0.15) is 0 Å². The van der Waals surface area contributed by atoms with Crippen LogP contribution in [0.4, 0.5) is 0 Å². The summed E-state index contributed by atoms with van der Waals surface area (Å²) in [6.07, 6.45) is 0. The Bertz CT molecular complexity index is 379. The van der Waals surface area contributed by atoms with Gasteiger partial charge in [0.15, 0.2) is 0 Å². The molecule has 0 unspecified atom stereocenters. The lowest BCUT2D eigenvalue weighted by Gasteiger charge is -2.09. The van der Waals surface area contributed by atoms with Crippen molar-refractivity contribution in [2.45, 2.75) is 0 Å². The van der Waals surface area contributed by atoms with Crippen molar-refractivity contribution in [3.8, 4) is 0 Å². The van der Waals surface area contributed by atoms with Gasteiger partial charge in [-0.2, -0.15) is 0 Å². The minimum atomic E-state index is -0.879. The first kappa shape index (κ1) is 23.5. The summed E-state index contributed by atoms with van der Waals surface area (Å²) in [5, 5.41) is 8.38. The Kier molecular flexibility index (Phi) is 15.5. The Labute approximate surface area is 160 Å². The largest absolute Gasteiger partial charge is 0.478 e. The molecular weight excluding hydrogens is 356 g/mol. The van der Waals surface area contributed by atoms with Gasteiger partial charge in [-0.05, 0) is 12.1 Å². The van der Waals surface area contributed by atoms with E-state index in [-0.39, 0.29) is 0 Å². The molecule has 1 aromatic rings. The van der Waals surface area contributed by atoms with Crippen LogP contribution in [-0.2, 0) is 28.4 Å². The van der Waals surface area contributed by atoms with Gasteiger partial charge in [0, 0.05) is 0 Å². The van der Waals surface area contributed by atoms with Gasteiger partial charge in [-0.3, -0.25) is 0 Å². The van der Waals surface area contributed by atoms with E-state index in [9.17, 15) is 4.79 Å². The van der Waals surface area contributed by atoms with Crippen LogP contribution in [0, 0.1) is 0 Å². The zero-order valence-corrected chi connectivity index (χ0v) is 15.7. The van der Waals surface area contributed by atoms with Gasteiger partial charge in [-0.15, -0.1) is 0 Å². The zero-order valence-electron chi connectivity index (χ0n) is 15.7. The van der Waals surface area contributed by atoms with Gasteiger partial charge in [-0.1, -0.05) is 18.2 Å². The second kappa shape index (κ2) is 17.8. The fourth-order valence-corrected chi connectivity index (χ4v) is 1.90. The Hall–Kier alpha value is -1.55. The summed E-state index contributed by atoms with van der Waals surface area (Å²) in [4.78, 5) is 10.2. The lowest BCUT2D eigenvalue weighted by molar-refractivity contribution is -0.0334. The summed E-state index contributed by atoms with van der Waals surface area (Å²) in [6.45, 7) is 7.04. The van der Waals surface area contributed by atoms with Crippen molar-refractivity contribution in [3.63, 3.8) is 0 Å². The molecule has 0 aliphatic carbocycles. The molecule has 1 fully saturated rings. The first-order valence-corrected chi connectivity index (χ1v) is 9.05. The number of hydrogen-bond donors (Lipinski definition) is 1. The normalized spacial score (nSPS) is 19.0. The molecule has 2 rings (SSSR count). The van der Waals surface area contributed by atoms with Crippen LogP contribution in [-0.4, -0.2) is 90.4 Å². The SMILES string of the molecule is C1COCCOCCOCCOCCOCCO1.O=C(O)c1ccccc1. The first-order valence-electron chi connectivity index (χ1n) is 9.05. The fourth-order valence-electron chi connectivity index (χ4n) is 1.90. The third-order valence-electron chi connectivity index (χ3n) is 3.25. The maximum atomic E-state index is 10.2. The third-order valence-corrected chi connectivity index (χ3v) is 3.25. The minimum absolute atomic E-state index is 0.331. The highest BCUT2D eigenvalue weighted by Gasteiger charge is 1.97. The fraction of sp³-hybridized carbons (Fsp3) is 0.632. The topological polar surface area (TPSA) is 92.7 Å². The summed E-state index contributed by atoms with van der Waals surface area (Å²) in [5.74, 6) is -0.879. The summed E-state index contributed by atoms with van der Waals surface area (Å²) in [6, 6.07) is 8.30. The van der Waals surface area contributed by atoms with Gasteiger partial charge < -0.3 is 33.5 Å². The molecule has 1 aliphatic rings. The Morgan fingerprint density at radius 1 is 0.556 bits per heavy atom. The molecule has 0 saturated carbocycles. The van der Waals surface area contributed by atoms with Crippen LogP contribution in [0.1, 0.15) is 10.4 Å². The number of ether oxygens (including phenoxy) is 6. The van der Waals surface area contributed by atoms with E-state index >= 15 is 0 Å². The molecule has 1 saturated heterocycles. The maximum Gasteiger partial charge on any atom is 0.335 e. The van der Waals surface area contributed by atoms with Gasteiger partial charge >= 0.3 is 5.97 Å². The van der Waals surface area contributed by atoms with Crippen molar-refractivity contribution < 1.29 is 38.3 Å². The van der Waals surface area contributed by atoms with E-state index in [0.29, 0.717) is 84.8 Å². The summed E-state index contributed by atoms with van der Waals surface area (Å²) < 4.78 is 32.0. The molecule has 1 heterocycles. The van der Waals surface area contributed by atoms with Crippen molar-refractivity contribution in [2.75, 3.05) is 79.3 Å². The highest BCUT2D eigenvalue weighted by Crippen LogP contribution is 1.96. The van der Waals surface area contributed by atoms with Crippen molar-refractivity contribution in [3.05, 3.63) is 35.9 Å². The molecule has 1 aromatic carbocycles. The highest BCUT2D eigenvalue weighted by atomic mass is 16.6. The van der Waals surface area contributed by atoms with Crippen molar-refractivity contribution in [1.29, 1.82) is 0 Å². The standard InChI is InChI=1S/C12H24O6.C7H6O2/c1-2-14-5-6-16-9-10-18-12-11-17-8-7-15-4-3-13-1;8-7(9)6-4-2-1-3-5-6/h1-12H2;1-5H,(H,8,9). The molecule has 27 heavy (non-hydrogen) atoms. The smallest absolute Gasteiger partial charge is 0.335 e. The summed E-state index contributed by atoms with van der Waals surface area (Å²) >= 11 is 0. The third kappa shape index (κ3) is 15.2. The second-order valence-electron chi connectivity index (χ2n) is 5.35. The van der Waals surface area contributed by atoms with Crippen LogP contribution in [0.5, 0.6) is 0 Å². The molecule has 0 amide bonds. The lowest BCUT2D eigenvalue weighted by atomic mass is 10.2. The van der Waals surface area contributed by atoms with E-state index in [1.807, 2.05) is 0 Å². The maximum absolute atomic E-state index is 10.2. The summed E-state index contributed by atoms with van der Waals surface area (Å²) in [7, 11) is 0. The number of carboxylic acids is 1. The molecule has 1 N–H and O–H groups in total. The molecule has 8 heteroatoms. The van der Waals surface area contributed by atoms with Gasteiger partial charge in [-0.25, -0.2) is 4.79 Å². The molecule has 8 nitrogen and oxygen atoms in total. The predicted molar refractivity (Wildman–Crippen MR) is 98.3 cm³/mol. The van der Waals surface area contributed by atoms with Crippen molar-refractivity contribution in [1.82, 2.24) is 0 Å². The molecule has 0 bridgehead atoms. The monoisotopic (exact) mass is 386 g/mol. The van der Waals surface area contributed by atoms with Crippen molar-refractivity contribution >= 4 is 5.97 Å². The number of aromatic carboxylic acids is 1. The van der Waals surface area contributed by atoms with Crippen LogP contribution < -0.4 is 0 Å². The van der Waals surface area contributed by atoms with Gasteiger partial charge in [0.05, 0.1) is 84.8 Å². The number of benzene rings is 1. The number of carbonyl (C=O) groups is 1. The van der Waals surface area contributed by atoms with Crippen LogP contribution >= 0.6 is 0 Å². The predicted octanol–water partition coefficient (Wildman–Crippen LogP) is 1.48. The Morgan fingerprint density at radius 2 is 0.815 bits per heavy atom. The summed E-state index contributed by atoms with van der Waals surface area (Å²) in [5.41, 5.74) is 0.331. The molecular formula is C19H30O8. The minimum Gasteiger partial charge on any atom is -0.478 e. The molecule has 154 valence electrons.